The molecule has 0 aliphatic carbocycles. The lowest BCUT2D eigenvalue weighted by Gasteiger charge is -2.33. The molecular formula is C16H21NO3. The molecule has 0 saturated carbocycles. The molecule has 4 heteroatoms. The molecule has 0 aromatic heterocycles. The van der Waals surface area contributed by atoms with Gasteiger partial charge in [-0.1, -0.05) is 30.3 Å². The molecular weight excluding hydrogens is 254 g/mol. The van der Waals surface area contributed by atoms with Crippen molar-refractivity contribution >= 4 is 11.7 Å². The Morgan fingerprint density at radius 1 is 1.25 bits per heavy atom. The first-order valence-corrected chi connectivity index (χ1v) is 7.14. The van der Waals surface area contributed by atoms with Crippen LogP contribution in [0, 0.1) is 0 Å². The van der Waals surface area contributed by atoms with Gasteiger partial charge in [-0.25, -0.2) is 0 Å². The van der Waals surface area contributed by atoms with Crippen LogP contribution in [0.4, 0.5) is 0 Å². The molecule has 1 aromatic rings. The summed E-state index contributed by atoms with van der Waals surface area (Å²) in [6.07, 6.45) is 1.47. The fraction of sp³-hybridized carbons (Fsp3) is 0.500. The summed E-state index contributed by atoms with van der Waals surface area (Å²) < 4.78 is 5.31. The second kappa shape index (κ2) is 7.20. The minimum atomic E-state index is 0.105. The number of hydrogen-bond donors (Lipinski definition) is 0. The lowest BCUT2D eigenvalue weighted by molar-refractivity contribution is -0.139. The molecule has 1 aliphatic rings. The van der Waals surface area contributed by atoms with Crippen LogP contribution in [0.15, 0.2) is 30.3 Å². The third-order valence-electron chi connectivity index (χ3n) is 3.58. The molecule has 1 unspecified atom stereocenters. The summed E-state index contributed by atoms with van der Waals surface area (Å²) in [5.41, 5.74) is 0.722. The quantitative estimate of drug-likeness (QED) is 0.775. The van der Waals surface area contributed by atoms with E-state index in [0.29, 0.717) is 39.0 Å². The highest BCUT2D eigenvalue weighted by Crippen LogP contribution is 2.12. The number of hydrogen-bond acceptors (Lipinski definition) is 3. The summed E-state index contributed by atoms with van der Waals surface area (Å²) in [5.74, 6) is 0.232. The average Bonchev–Trinajstić information content (AvgIpc) is 2.48. The van der Waals surface area contributed by atoms with Gasteiger partial charge < -0.3 is 9.64 Å². The summed E-state index contributed by atoms with van der Waals surface area (Å²) in [6.45, 7) is 3.87. The van der Waals surface area contributed by atoms with Gasteiger partial charge in [-0.05, 0) is 13.3 Å². The van der Waals surface area contributed by atoms with Gasteiger partial charge in [0.15, 0.2) is 5.78 Å². The highest BCUT2D eigenvalue weighted by molar-refractivity contribution is 5.96. The number of ketones is 1. The molecule has 20 heavy (non-hydrogen) atoms. The molecule has 1 fully saturated rings. The molecule has 0 bridgehead atoms. The summed E-state index contributed by atoms with van der Waals surface area (Å²) >= 11 is 0. The first-order chi connectivity index (χ1) is 9.68. The molecule has 1 saturated heterocycles. The van der Waals surface area contributed by atoms with Gasteiger partial charge in [-0.3, -0.25) is 9.59 Å². The van der Waals surface area contributed by atoms with Crippen LogP contribution in [0.1, 0.15) is 36.5 Å². The SMILES string of the molecule is CC1COCCN1C(=O)CCCC(=O)c1ccccc1. The predicted molar refractivity (Wildman–Crippen MR) is 76.6 cm³/mol. The molecule has 108 valence electrons. The maximum atomic E-state index is 12.1. The number of amides is 1. The summed E-state index contributed by atoms with van der Waals surface area (Å²) in [4.78, 5) is 25.9. The number of carbonyl (C=O) groups excluding carboxylic acids is 2. The highest BCUT2D eigenvalue weighted by atomic mass is 16.5. The van der Waals surface area contributed by atoms with E-state index in [1.54, 1.807) is 0 Å². The van der Waals surface area contributed by atoms with Crippen molar-refractivity contribution in [3.05, 3.63) is 35.9 Å². The Bertz CT molecular complexity index is 458. The molecule has 2 rings (SSSR count). The Morgan fingerprint density at radius 2 is 2.00 bits per heavy atom. The first-order valence-electron chi connectivity index (χ1n) is 7.14. The Hall–Kier alpha value is -1.68. The van der Waals surface area contributed by atoms with E-state index in [1.807, 2.05) is 42.2 Å². The smallest absolute Gasteiger partial charge is 0.222 e. The van der Waals surface area contributed by atoms with Crippen molar-refractivity contribution in [3.63, 3.8) is 0 Å². The van der Waals surface area contributed by atoms with Gasteiger partial charge in [0.2, 0.25) is 5.91 Å². The largest absolute Gasteiger partial charge is 0.377 e. The molecule has 1 atom stereocenters. The van der Waals surface area contributed by atoms with Gasteiger partial charge in [0, 0.05) is 24.9 Å². The molecule has 0 N–H and O–H groups in total. The van der Waals surface area contributed by atoms with Crippen molar-refractivity contribution in [2.75, 3.05) is 19.8 Å². The molecule has 1 heterocycles. The van der Waals surface area contributed by atoms with Crippen LogP contribution in [0.2, 0.25) is 0 Å². The van der Waals surface area contributed by atoms with Gasteiger partial charge in [-0.15, -0.1) is 0 Å². The highest BCUT2D eigenvalue weighted by Gasteiger charge is 2.23. The van der Waals surface area contributed by atoms with Crippen LogP contribution in [-0.2, 0) is 9.53 Å². The van der Waals surface area contributed by atoms with Crippen molar-refractivity contribution < 1.29 is 14.3 Å². The lowest BCUT2D eigenvalue weighted by atomic mass is 10.1. The van der Waals surface area contributed by atoms with E-state index in [1.165, 1.54) is 0 Å². The lowest BCUT2D eigenvalue weighted by Crippen LogP contribution is -2.47. The van der Waals surface area contributed by atoms with Crippen LogP contribution in [0.25, 0.3) is 0 Å². The first kappa shape index (κ1) is 14.7. The zero-order valence-electron chi connectivity index (χ0n) is 11.9. The second-order valence-corrected chi connectivity index (χ2v) is 5.15. The number of rotatable bonds is 5. The van der Waals surface area contributed by atoms with E-state index in [-0.39, 0.29) is 17.7 Å². The van der Waals surface area contributed by atoms with Gasteiger partial charge in [0.05, 0.1) is 19.3 Å². The van der Waals surface area contributed by atoms with E-state index in [9.17, 15) is 9.59 Å². The normalized spacial score (nSPS) is 18.9. The van der Waals surface area contributed by atoms with E-state index in [0.717, 1.165) is 5.56 Å². The van der Waals surface area contributed by atoms with Crippen LogP contribution in [0.5, 0.6) is 0 Å². The number of carbonyl (C=O) groups is 2. The number of morpholine rings is 1. The number of benzene rings is 1. The van der Waals surface area contributed by atoms with Gasteiger partial charge in [0.25, 0.3) is 0 Å². The Balaban J connectivity index is 1.75. The van der Waals surface area contributed by atoms with Crippen molar-refractivity contribution in [1.82, 2.24) is 4.90 Å². The van der Waals surface area contributed by atoms with Gasteiger partial charge >= 0.3 is 0 Å². The average molecular weight is 275 g/mol. The van der Waals surface area contributed by atoms with Crippen molar-refractivity contribution in [2.24, 2.45) is 0 Å². The fourth-order valence-corrected chi connectivity index (χ4v) is 2.41. The minimum absolute atomic E-state index is 0.105. The predicted octanol–water partition coefficient (Wildman–Crippen LogP) is 2.29. The van der Waals surface area contributed by atoms with Crippen molar-refractivity contribution in [1.29, 1.82) is 0 Å². The van der Waals surface area contributed by atoms with Crippen molar-refractivity contribution in [3.8, 4) is 0 Å². The van der Waals surface area contributed by atoms with Crippen LogP contribution in [0.3, 0.4) is 0 Å². The third kappa shape index (κ3) is 3.90. The maximum absolute atomic E-state index is 12.1. The van der Waals surface area contributed by atoms with Crippen LogP contribution < -0.4 is 0 Å². The number of ether oxygens (including phenoxy) is 1. The maximum Gasteiger partial charge on any atom is 0.222 e. The second-order valence-electron chi connectivity index (χ2n) is 5.15. The van der Waals surface area contributed by atoms with E-state index in [4.69, 9.17) is 4.74 Å². The van der Waals surface area contributed by atoms with Crippen molar-refractivity contribution in [2.45, 2.75) is 32.2 Å². The zero-order valence-corrected chi connectivity index (χ0v) is 11.9. The standard InChI is InChI=1S/C16H21NO3/c1-13-12-20-11-10-17(13)16(19)9-5-8-15(18)14-6-3-2-4-7-14/h2-4,6-7,13H,5,8-12H2,1H3. The Morgan fingerprint density at radius 3 is 2.70 bits per heavy atom. The fourth-order valence-electron chi connectivity index (χ4n) is 2.41. The van der Waals surface area contributed by atoms with E-state index in [2.05, 4.69) is 0 Å². The molecule has 4 nitrogen and oxygen atoms in total. The summed E-state index contributed by atoms with van der Waals surface area (Å²) in [7, 11) is 0. The van der Waals surface area contributed by atoms with Crippen LogP contribution >= 0.6 is 0 Å². The topological polar surface area (TPSA) is 46.6 Å². The number of Topliss-reactive ketones (excluding diaryl/α,β-unsaturated/α-hetero) is 1. The zero-order chi connectivity index (χ0) is 14.4. The van der Waals surface area contributed by atoms with E-state index >= 15 is 0 Å². The van der Waals surface area contributed by atoms with Crippen LogP contribution in [-0.4, -0.2) is 42.4 Å². The Labute approximate surface area is 119 Å². The minimum Gasteiger partial charge on any atom is -0.377 e. The Kier molecular flexibility index (Phi) is 5.30. The van der Waals surface area contributed by atoms with Gasteiger partial charge in [-0.2, -0.15) is 0 Å². The monoisotopic (exact) mass is 275 g/mol. The van der Waals surface area contributed by atoms with E-state index < -0.39 is 0 Å². The third-order valence-corrected chi connectivity index (χ3v) is 3.58. The van der Waals surface area contributed by atoms with Gasteiger partial charge in [0.1, 0.15) is 0 Å². The summed E-state index contributed by atoms with van der Waals surface area (Å²) in [5, 5.41) is 0. The summed E-state index contributed by atoms with van der Waals surface area (Å²) in [6, 6.07) is 9.37. The molecule has 1 amide bonds. The molecule has 0 spiro atoms. The molecule has 1 aromatic carbocycles. The number of nitrogens with zero attached hydrogens (tertiary/aromatic N) is 1. The molecule has 0 radical (unpaired) electrons. The molecule has 1 aliphatic heterocycles.